The van der Waals surface area contributed by atoms with Crippen LogP contribution in [0.25, 0.3) is 0 Å². The lowest BCUT2D eigenvalue weighted by molar-refractivity contribution is -0.143. The van der Waals surface area contributed by atoms with Crippen molar-refractivity contribution in [1.29, 1.82) is 0 Å². The van der Waals surface area contributed by atoms with Crippen LogP contribution < -0.4 is 5.32 Å². The Labute approximate surface area is 149 Å². The second-order valence-corrected chi connectivity index (χ2v) is 8.30. The quantitative estimate of drug-likeness (QED) is 0.863. The van der Waals surface area contributed by atoms with Crippen molar-refractivity contribution in [3.8, 4) is 0 Å². The van der Waals surface area contributed by atoms with Crippen molar-refractivity contribution in [3.63, 3.8) is 0 Å². The monoisotopic (exact) mass is 344 g/mol. The summed E-state index contributed by atoms with van der Waals surface area (Å²) in [6, 6.07) is 7.49. The van der Waals surface area contributed by atoms with Crippen molar-refractivity contribution in [3.05, 3.63) is 35.4 Å². The largest absolute Gasteiger partial charge is 0.390 e. The van der Waals surface area contributed by atoms with Gasteiger partial charge >= 0.3 is 0 Å². The Kier molecular flexibility index (Phi) is 4.87. The summed E-state index contributed by atoms with van der Waals surface area (Å²) in [5.41, 5.74) is 1.66. The molecule has 1 heterocycles. The van der Waals surface area contributed by atoms with Crippen LogP contribution in [0.3, 0.4) is 0 Å². The van der Waals surface area contributed by atoms with E-state index < -0.39 is 11.5 Å². The van der Waals surface area contributed by atoms with Crippen molar-refractivity contribution in [2.75, 3.05) is 13.1 Å². The molecule has 0 aromatic heterocycles. The predicted molar refractivity (Wildman–Crippen MR) is 95.8 cm³/mol. The van der Waals surface area contributed by atoms with Crippen molar-refractivity contribution < 1.29 is 14.7 Å². The number of amides is 2. The standard InChI is InChI=1S/C20H28N2O3/c1-20(2,3)19(25)22-10-6-8-14(12-22)18(24)21-17-15-9-5-4-7-13(15)11-16(17)23/h4-5,7,9,14,16-17,23H,6,8,10-12H2,1-3H3,(H,21,24). The summed E-state index contributed by atoms with van der Waals surface area (Å²) in [6.07, 6.45) is 1.60. The smallest absolute Gasteiger partial charge is 0.227 e. The van der Waals surface area contributed by atoms with Gasteiger partial charge in [0.15, 0.2) is 0 Å². The zero-order valence-electron chi connectivity index (χ0n) is 15.3. The van der Waals surface area contributed by atoms with Crippen LogP contribution in [0.2, 0.25) is 0 Å². The molecule has 0 radical (unpaired) electrons. The third-order valence-electron chi connectivity index (χ3n) is 5.22. The number of rotatable bonds is 2. The number of piperidine rings is 1. The summed E-state index contributed by atoms with van der Waals surface area (Å²) in [6.45, 7) is 6.90. The number of aliphatic hydroxyl groups excluding tert-OH is 1. The van der Waals surface area contributed by atoms with E-state index in [1.165, 1.54) is 0 Å². The molecule has 3 unspecified atom stereocenters. The number of likely N-dealkylation sites (tertiary alicyclic amines) is 1. The van der Waals surface area contributed by atoms with E-state index >= 15 is 0 Å². The van der Waals surface area contributed by atoms with E-state index in [1.807, 2.05) is 49.9 Å². The van der Waals surface area contributed by atoms with E-state index in [0.717, 1.165) is 30.5 Å². The van der Waals surface area contributed by atoms with E-state index in [1.54, 1.807) is 0 Å². The Hall–Kier alpha value is -1.88. The van der Waals surface area contributed by atoms with E-state index in [-0.39, 0.29) is 23.8 Å². The minimum absolute atomic E-state index is 0.0628. The van der Waals surface area contributed by atoms with Gasteiger partial charge in [-0.25, -0.2) is 0 Å². The van der Waals surface area contributed by atoms with Crippen LogP contribution in [0, 0.1) is 11.3 Å². The predicted octanol–water partition coefficient (Wildman–Crippen LogP) is 2.05. The molecule has 1 aromatic rings. The van der Waals surface area contributed by atoms with Gasteiger partial charge in [-0.3, -0.25) is 9.59 Å². The highest BCUT2D eigenvalue weighted by molar-refractivity contribution is 5.84. The first-order chi connectivity index (χ1) is 11.8. The summed E-state index contributed by atoms with van der Waals surface area (Å²) >= 11 is 0. The first kappa shape index (κ1) is 17.9. The molecule has 2 N–H and O–H groups in total. The number of nitrogens with zero attached hydrogens (tertiary/aromatic N) is 1. The Bertz CT molecular complexity index is 665. The Morgan fingerprint density at radius 1 is 1.24 bits per heavy atom. The second-order valence-electron chi connectivity index (χ2n) is 8.30. The van der Waals surface area contributed by atoms with Crippen molar-refractivity contribution in [1.82, 2.24) is 10.2 Å². The number of aliphatic hydroxyl groups is 1. The molecule has 2 aliphatic rings. The lowest BCUT2D eigenvalue weighted by Crippen LogP contribution is -2.49. The van der Waals surface area contributed by atoms with Gasteiger partial charge in [0.1, 0.15) is 0 Å². The Morgan fingerprint density at radius 2 is 1.96 bits per heavy atom. The second kappa shape index (κ2) is 6.79. The molecule has 3 rings (SSSR count). The maximum atomic E-state index is 12.8. The van der Waals surface area contributed by atoms with Gasteiger partial charge in [-0.15, -0.1) is 0 Å². The van der Waals surface area contributed by atoms with E-state index in [4.69, 9.17) is 0 Å². The number of carbonyl (C=O) groups excluding carboxylic acids is 2. The molecular formula is C20H28N2O3. The zero-order chi connectivity index (χ0) is 18.2. The summed E-state index contributed by atoms with van der Waals surface area (Å²) in [4.78, 5) is 27.1. The fraction of sp³-hybridized carbons (Fsp3) is 0.600. The average Bonchev–Trinajstić information content (AvgIpc) is 2.89. The van der Waals surface area contributed by atoms with Gasteiger partial charge in [-0.2, -0.15) is 0 Å². The van der Waals surface area contributed by atoms with Crippen LogP contribution in [0.15, 0.2) is 24.3 Å². The average molecular weight is 344 g/mol. The van der Waals surface area contributed by atoms with Crippen LogP contribution in [0.5, 0.6) is 0 Å². The summed E-state index contributed by atoms with van der Waals surface area (Å²) < 4.78 is 0. The van der Waals surface area contributed by atoms with E-state index in [9.17, 15) is 14.7 Å². The molecule has 0 bridgehead atoms. The summed E-state index contributed by atoms with van der Waals surface area (Å²) in [7, 11) is 0. The van der Waals surface area contributed by atoms with Crippen LogP contribution in [-0.4, -0.2) is 41.0 Å². The SMILES string of the molecule is CC(C)(C)C(=O)N1CCCC(C(=O)NC2c3ccccc3CC2O)C1. The van der Waals surface area contributed by atoms with Gasteiger partial charge in [-0.05, 0) is 24.0 Å². The van der Waals surface area contributed by atoms with Crippen LogP contribution in [0.1, 0.15) is 50.8 Å². The van der Waals surface area contributed by atoms with Gasteiger partial charge in [0.2, 0.25) is 11.8 Å². The van der Waals surface area contributed by atoms with E-state index in [2.05, 4.69) is 5.32 Å². The molecule has 0 saturated carbocycles. The zero-order valence-corrected chi connectivity index (χ0v) is 15.3. The Balaban J connectivity index is 1.66. The fourth-order valence-electron chi connectivity index (χ4n) is 3.87. The molecule has 5 nitrogen and oxygen atoms in total. The lowest BCUT2D eigenvalue weighted by Gasteiger charge is -2.36. The molecule has 3 atom stereocenters. The first-order valence-corrected chi connectivity index (χ1v) is 9.13. The molecule has 0 spiro atoms. The molecule has 2 amide bonds. The number of benzene rings is 1. The minimum atomic E-state index is -0.586. The van der Waals surface area contributed by atoms with Crippen molar-refractivity contribution >= 4 is 11.8 Å². The number of fused-ring (bicyclic) bond motifs is 1. The molecule has 136 valence electrons. The minimum Gasteiger partial charge on any atom is -0.390 e. The van der Waals surface area contributed by atoms with Gasteiger partial charge in [-0.1, -0.05) is 45.0 Å². The third-order valence-corrected chi connectivity index (χ3v) is 5.22. The highest BCUT2D eigenvalue weighted by Crippen LogP contribution is 2.32. The lowest BCUT2D eigenvalue weighted by atomic mass is 9.90. The van der Waals surface area contributed by atoms with Crippen molar-refractivity contribution in [2.45, 2.75) is 52.2 Å². The van der Waals surface area contributed by atoms with Gasteiger partial charge in [0.25, 0.3) is 0 Å². The molecule has 25 heavy (non-hydrogen) atoms. The number of carbonyl (C=O) groups is 2. The van der Waals surface area contributed by atoms with Crippen LogP contribution in [-0.2, 0) is 16.0 Å². The number of nitrogens with one attached hydrogen (secondary N) is 1. The third kappa shape index (κ3) is 3.71. The van der Waals surface area contributed by atoms with Crippen molar-refractivity contribution in [2.24, 2.45) is 11.3 Å². The molecule has 1 aliphatic carbocycles. The maximum absolute atomic E-state index is 12.8. The van der Waals surface area contributed by atoms with E-state index in [0.29, 0.717) is 13.0 Å². The maximum Gasteiger partial charge on any atom is 0.227 e. The van der Waals surface area contributed by atoms with Gasteiger partial charge in [0, 0.05) is 24.9 Å². The summed E-state index contributed by atoms with van der Waals surface area (Å²) in [5, 5.41) is 13.4. The first-order valence-electron chi connectivity index (χ1n) is 9.13. The highest BCUT2D eigenvalue weighted by Gasteiger charge is 2.36. The Morgan fingerprint density at radius 3 is 2.68 bits per heavy atom. The molecule has 1 aromatic carbocycles. The van der Waals surface area contributed by atoms with Crippen LogP contribution >= 0.6 is 0 Å². The molecule has 1 saturated heterocycles. The van der Waals surface area contributed by atoms with Gasteiger partial charge < -0.3 is 15.3 Å². The normalized spacial score (nSPS) is 26.2. The topological polar surface area (TPSA) is 69.6 Å². The van der Waals surface area contributed by atoms with Gasteiger partial charge in [0.05, 0.1) is 18.1 Å². The number of hydrogen-bond acceptors (Lipinski definition) is 3. The molecular weight excluding hydrogens is 316 g/mol. The number of hydrogen-bond donors (Lipinski definition) is 2. The fourth-order valence-corrected chi connectivity index (χ4v) is 3.87. The molecule has 1 fully saturated rings. The molecule has 1 aliphatic heterocycles. The molecule has 5 heteroatoms. The van der Waals surface area contributed by atoms with Crippen LogP contribution in [0.4, 0.5) is 0 Å². The summed E-state index contributed by atoms with van der Waals surface area (Å²) in [5.74, 6) is -0.177. The highest BCUT2D eigenvalue weighted by atomic mass is 16.3.